The van der Waals surface area contributed by atoms with Gasteiger partial charge >= 0.3 is 12.2 Å². The van der Waals surface area contributed by atoms with Gasteiger partial charge in [-0.1, -0.05) is 31.5 Å². The lowest BCUT2D eigenvalue weighted by Crippen LogP contribution is -2.47. The van der Waals surface area contributed by atoms with Gasteiger partial charge in [0.15, 0.2) is 11.6 Å². The first-order valence-corrected chi connectivity index (χ1v) is 13.4. The number of piperazine rings is 1. The molecule has 3 rings (SSSR count). The van der Waals surface area contributed by atoms with Gasteiger partial charge in [-0.2, -0.15) is 13.2 Å². The molecule has 14 heteroatoms. The van der Waals surface area contributed by atoms with Crippen LogP contribution in [0.2, 0.25) is 5.02 Å². The molecule has 1 atom stereocenters. The third-order valence-electron chi connectivity index (χ3n) is 6.80. The Bertz CT molecular complexity index is 1220. The minimum Gasteiger partial charge on any atom is -0.394 e. The van der Waals surface area contributed by atoms with E-state index in [1.54, 1.807) is 24.8 Å². The fraction of sp³-hybridized carbons (Fsp3) is 0.481. The summed E-state index contributed by atoms with van der Waals surface area (Å²) < 4.78 is 67.4. The summed E-state index contributed by atoms with van der Waals surface area (Å²) in [7, 11) is 0. The van der Waals surface area contributed by atoms with E-state index in [0.717, 1.165) is 6.07 Å². The summed E-state index contributed by atoms with van der Waals surface area (Å²) >= 11 is 6.15. The van der Waals surface area contributed by atoms with Crippen LogP contribution in [0.5, 0.6) is 0 Å². The molecule has 0 unspecified atom stereocenters. The first-order chi connectivity index (χ1) is 19.3. The number of halogens is 6. The molecule has 2 aromatic carbocycles. The van der Waals surface area contributed by atoms with E-state index >= 15 is 0 Å². The molecule has 4 N–H and O–H groups in total. The van der Waals surface area contributed by atoms with Crippen molar-refractivity contribution in [3.8, 4) is 0 Å². The van der Waals surface area contributed by atoms with E-state index in [0.29, 0.717) is 36.9 Å². The lowest BCUT2D eigenvalue weighted by Gasteiger charge is -2.37. The van der Waals surface area contributed by atoms with Crippen LogP contribution in [0.4, 0.5) is 38.1 Å². The Balaban J connectivity index is 1.67. The second kappa shape index (κ2) is 14.1. The number of aliphatic hydroxyl groups is 1. The topological polar surface area (TPSA) is 96.9 Å². The number of aliphatic hydroxyl groups excluding tert-OH is 1. The zero-order valence-corrected chi connectivity index (χ0v) is 23.4. The number of carbonyl (C=O) groups is 2. The molecule has 226 valence electrons. The molecule has 0 radical (unpaired) electrons. The number of hydrogen-bond donors (Lipinski definition) is 4. The van der Waals surface area contributed by atoms with Gasteiger partial charge in [0.1, 0.15) is 0 Å². The number of carbonyl (C=O) groups excluding carboxylic acids is 2. The molecule has 2 aromatic rings. The van der Waals surface area contributed by atoms with Crippen LogP contribution in [0.1, 0.15) is 36.2 Å². The fourth-order valence-corrected chi connectivity index (χ4v) is 4.44. The predicted molar refractivity (Wildman–Crippen MR) is 146 cm³/mol. The molecule has 8 nitrogen and oxygen atoms in total. The van der Waals surface area contributed by atoms with Crippen molar-refractivity contribution in [3.63, 3.8) is 0 Å². The highest BCUT2D eigenvalue weighted by Gasteiger charge is 2.29. The Morgan fingerprint density at radius 1 is 1.05 bits per heavy atom. The Hall–Kier alpha value is -3.16. The number of benzene rings is 2. The summed E-state index contributed by atoms with van der Waals surface area (Å²) in [5, 5.41) is 17.2. The molecule has 1 aliphatic rings. The van der Waals surface area contributed by atoms with Crippen LogP contribution in [0.25, 0.3) is 0 Å². The van der Waals surface area contributed by atoms with Crippen molar-refractivity contribution in [1.29, 1.82) is 0 Å². The lowest BCUT2D eigenvalue weighted by atomic mass is 10.1. The lowest BCUT2D eigenvalue weighted by molar-refractivity contribution is -0.138. The maximum atomic E-state index is 14.9. The van der Waals surface area contributed by atoms with Crippen LogP contribution in [-0.4, -0.2) is 73.5 Å². The molecule has 0 aliphatic carbocycles. The number of nitrogens with one attached hydrogen (secondary N) is 3. The Kier molecular flexibility index (Phi) is 11.2. The maximum Gasteiger partial charge on any atom is 0.390 e. The summed E-state index contributed by atoms with van der Waals surface area (Å²) in [6.07, 6.45) is -5.14. The molecule has 0 saturated carbocycles. The second-order valence-electron chi connectivity index (χ2n) is 10.1. The smallest absolute Gasteiger partial charge is 0.390 e. The quantitative estimate of drug-likeness (QED) is 0.293. The molecular formula is C27H33ClF5N5O3. The molecule has 0 aromatic heterocycles. The summed E-state index contributed by atoms with van der Waals surface area (Å²) in [4.78, 5) is 28.6. The third kappa shape index (κ3) is 9.17. The molecule has 1 saturated heterocycles. The number of hydrogen-bond acceptors (Lipinski definition) is 5. The van der Waals surface area contributed by atoms with E-state index in [1.807, 2.05) is 4.90 Å². The zero-order valence-electron chi connectivity index (χ0n) is 22.6. The van der Waals surface area contributed by atoms with Crippen LogP contribution in [0.3, 0.4) is 0 Å². The summed E-state index contributed by atoms with van der Waals surface area (Å²) in [5.41, 5.74) is 0.0224. The van der Waals surface area contributed by atoms with Crippen molar-refractivity contribution in [2.75, 3.05) is 49.5 Å². The van der Waals surface area contributed by atoms with Crippen molar-refractivity contribution in [2.24, 2.45) is 5.92 Å². The molecule has 1 aliphatic heterocycles. The third-order valence-corrected chi connectivity index (χ3v) is 7.03. The molecule has 0 bridgehead atoms. The van der Waals surface area contributed by atoms with Crippen LogP contribution < -0.4 is 20.9 Å². The highest BCUT2D eigenvalue weighted by atomic mass is 35.5. The normalized spacial score (nSPS) is 15.1. The number of urea groups is 1. The van der Waals surface area contributed by atoms with Crippen LogP contribution in [0.15, 0.2) is 30.3 Å². The highest BCUT2D eigenvalue weighted by molar-refractivity contribution is 6.31. The van der Waals surface area contributed by atoms with Gasteiger partial charge in [0.05, 0.1) is 36.0 Å². The Labute approximate surface area is 239 Å². The van der Waals surface area contributed by atoms with Gasteiger partial charge in [-0.05, 0) is 30.2 Å². The largest absolute Gasteiger partial charge is 0.394 e. The monoisotopic (exact) mass is 605 g/mol. The summed E-state index contributed by atoms with van der Waals surface area (Å²) in [5.74, 6) is -3.67. The van der Waals surface area contributed by atoms with Crippen molar-refractivity contribution in [1.82, 2.24) is 15.5 Å². The summed E-state index contributed by atoms with van der Waals surface area (Å²) in [6, 6.07) is 5.70. The van der Waals surface area contributed by atoms with E-state index in [1.165, 1.54) is 18.2 Å². The van der Waals surface area contributed by atoms with E-state index in [4.69, 9.17) is 11.6 Å². The first-order valence-electron chi connectivity index (χ1n) is 13.1. The number of alkyl halides is 3. The Morgan fingerprint density at radius 3 is 2.34 bits per heavy atom. The molecular weight excluding hydrogens is 573 g/mol. The SMILES string of the molecule is CC(C)[C@H](CO)NC(=O)NCc1ccc(C(=O)Nc2ccc(Cl)cc2N2CCN(CCC(F)(F)F)CC2)c(F)c1F. The number of nitrogens with zero attached hydrogens (tertiary/aromatic N) is 2. The summed E-state index contributed by atoms with van der Waals surface area (Å²) in [6.45, 7) is 4.31. The molecule has 3 amide bonds. The predicted octanol–water partition coefficient (Wildman–Crippen LogP) is 4.76. The standard InChI is InChI=1S/C27H33ClF5N5O3/c1-16(2)21(15-39)36-26(41)34-14-17-3-5-19(24(30)23(17)29)25(40)35-20-6-4-18(28)13-22(20)38-11-9-37(10-12-38)8-7-27(31,32)33/h3-6,13,16,21,39H,7-12,14-15H2,1-2H3,(H,35,40)(H2,34,36,41)/t21-/m0/s1. The van der Waals surface area contributed by atoms with Crippen molar-refractivity contribution < 1.29 is 36.6 Å². The fourth-order valence-electron chi connectivity index (χ4n) is 4.28. The van der Waals surface area contributed by atoms with Gasteiger partial charge in [0, 0.05) is 49.9 Å². The van der Waals surface area contributed by atoms with Crippen LogP contribution in [-0.2, 0) is 6.54 Å². The molecule has 41 heavy (non-hydrogen) atoms. The van der Waals surface area contributed by atoms with Gasteiger partial charge in [0.2, 0.25) is 0 Å². The van der Waals surface area contributed by atoms with E-state index in [9.17, 15) is 36.6 Å². The zero-order chi connectivity index (χ0) is 30.3. The average Bonchev–Trinajstić information content (AvgIpc) is 2.92. The number of anilines is 2. The van der Waals surface area contributed by atoms with E-state index in [-0.39, 0.29) is 36.9 Å². The van der Waals surface area contributed by atoms with Crippen molar-refractivity contribution in [2.45, 2.75) is 39.0 Å². The van der Waals surface area contributed by atoms with E-state index in [2.05, 4.69) is 16.0 Å². The highest BCUT2D eigenvalue weighted by Crippen LogP contribution is 2.31. The van der Waals surface area contributed by atoms with Gasteiger partial charge in [-0.3, -0.25) is 9.69 Å². The van der Waals surface area contributed by atoms with Crippen molar-refractivity contribution in [3.05, 3.63) is 58.1 Å². The van der Waals surface area contributed by atoms with Gasteiger partial charge in [-0.15, -0.1) is 0 Å². The van der Waals surface area contributed by atoms with E-state index < -0.39 is 47.8 Å². The molecule has 0 spiro atoms. The molecule has 1 heterocycles. The minimum absolute atomic E-state index is 0.0493. The van der Waals surface area contributed by atoms with Gasteiger partial charge in [-0.25, -0.2) is 13.6 Å². The van der Waals surface area contributed by atoms with Crippen LogP contribution >= 0.6 is 11.6 Å². The second-order valence-corrected chi connectivity index (χ2v) is 10.5. The number of amides is 3. The van der Waals surface area contributed by atoms with Crippen LogP contribution in [0, 0.1) is 17.6 Å². The number of rotatable bonds is 10. The average molecular weight is 606 g/mol. The first kappa shape index (κ1) is 32.4. The molecule has 1 fully saturated rings. The van der Waals surface area contributed by atoms with Gasteiger partial charge < -0.3 is 26.0 Å². The maximum absolute atomic E-state index is 14.9. The van der Waals surface area contributed by atoms with Crippen molar-refractivity contribution >= 4 is 34.9 Å². The van der Waals surface area contributed by atoms with Gasteiger partial charge in [0.25, 0.3) is 5.91 Å². The minimum atomic E-state index is -4.24. The Morgan fingerprint density at radius 2 is 1.73 bits per heavy atom.